The molecule has 0 N–H and O–H groups in total. The van der Waals surface area contributed by atoms with Crippen molar-refractivity contribution < 1.29 is 0 Å². The summed E-state index contributed by atoms with van der Waals surface area (Å²) in [5.74, 6) is 0. The summed E-state index contributed by atoms with van der Waals surface area (Å²) in [6.45, 7) is 4.74. The molecule has 3 aliphatic carbocycles. The van der Waals surface area contributed by atoms with Gasteiger partial charge in [0.15, 0.2) is 0 Å². The Balaban J connectivity index is 1.19. The zero-order chi connectivity index (χ0) is 31.8. The Bertz CT molecular complexity index is 2460. The van der Waals surface area contributed by atoms with Crippen LogP contribution in [0, 0.1) is 0 Å². The summed E-state index contributed by atoms with van der Waals surface area (Å²) in [7, 11) is 0. The van der Waals surface area contributed by atoms with Crippen LogP contribution in [0.5, 0.6) is 0 Å². The molecule has 1 atom stereocenters. The quantitative estimate of drug-likeness (QED) is 0.181. The van der Waals surface area contributed by atoms with Crippen molar-refractivity contribution in [3.63, 3.8) is 0 Å². The average molecular weight is 634 g/mol. The summed E-state index contributed by atoms with van der Waals surface area (Å²) in [5, 5.41) is 2.29. The zero-order valence-electron chi connectivity index (χ0n) is 26.4. The van der Waals surface area contributed by atoms with E-state index in [-0.39, 0.29) is 5.41 Å². The van der Waals surface area contributed by atoms with Crippen molar-refractivity contribution in [3.8, 4) is 22.3 Å². The van der Waals surface area contributed by atoms with Crippen LogP contribution in [-0.4, -0.2) is 18.2 Å². The minimum absolute atomic E-state index is 0.378. The first-order chi connectivity index (χ1) is 23.8. The van der Waals surface area contributed by atoms with Gasteiger partial charge in [0.25, 0.3) is 0 Å². The molecule has 0 fully saturated rings. The molecule has 1 unspecified atom stereocenters. The van der Waals surface area contributed by atoms with Gasteiger partial charge in [0, 0.05) is 35.2 Å². The lowest BCUT2D eigenvalue weighted by molar-refractivity contribution is 0.782. The van der Waals surface area contributed by atoms with E-state index in [4.69, 9.17) is 0 Å². The number of anilines is 1. The van der Waals surface area contributed by atoms with Gasteiger partial charge in [-0.3, -0.25) is 9.98 Å². The molecule has 10 rings (SSSR count). The molecular weight excluding hydrogens is 603 g/mol. The van der Waals surface area contributed by atoms with Crippen molar-refractivity contribution in [2.75, 3.05) is 11.4 Å². The highest BCUT2D eigenvalue weighted by atomic mass is 32.1. The Morgan fingerprint density at radius 3 is 2.33 bits per heavy atom. The Hall–Kier alpha value is -5.58. The van der Waals surface area contributed by atoms with E-state index in [1.165, 1.54) is 71.5 Å². The highest BCUT2D eigenvalue weighted by Gasteiger charge is 2.53. The van der Waals surface area contributed by atoms with Crippen molar-refractivity contribution in [3.05, 3.63) is 173 Å². The first-order valence-electron chi connectivity index (χ1n) is 16.6. The smallest absolute Gasteiger partial charge is 0.123 e. The van der Waals surface area contributed by atoms with Gasteiger partial charge in [-0.05, 0) is 117 Å². The molecule has 228 valence electrons. The van der Waals surface area contributed by atoms with Gasteiger partial charge in [0.05, 0.1) is 5.41 Å². The maximum Gasteiger partial charge on any atom is 0.123 e. The van der Waals surface area contributed by atoms with Gasteiger partial charge >= 0.3 is 0 Å². The number of hydrogen-bond acceptors (Lipinski definition) is 4. The molecule has 0 amide bonds. The van der Waals surface area contributed by atoms with Crippen LogP contribution in [-0.2, 0) is 5.41 Å². The van der Waals surface area contributed by atoms with Gasteiger partial charge in [-0.2, -0.15) is 0 Å². The normalized spacial score (nSPS) is 18.6. The molecule has 1 spiro atoms. The first kappa shape index (κ1) is 27.5. The molecule has 3 nitrogen and oxygen atoms in total. The molecular formula is C44H31N3S. The molecule has 2 aromatic heterocycles. The van der Waals surface area contributed by atoms with Crippen LogP contribution >= 0.6 is 11.3 Å². The van der Waals surface area contributed by atoms with Crippen molar-refractivity contribution in [1.29, 1.82) is 0 Å². The van der Waals surface area contributed by atoms with E-state index in [9.17, 15) is 0 Å². The van der Waals surface area contributed by atoms with Crippen molar-refractivity contribution in [1.82, 2.24) is 4.98 Å². The highest BCUT2D eigenvalue weighted by molar-refractivity contribution is 7.23. The van der Waals surface area contributed by atoms with Crippen LogP contribution in [0.2, 0.25) is 0 Å². The second-order valence-corrected chi connectivity index (χ2v) is 13.9. The Labute approximate surface area is 284 Å². The van der Waals surface area contributed by atoms with E-state index >= 15 is 0 Å². The largest absolute Gasteiger partial charge is 0.334 e. The third-order valence-corrected chi connectivity index (χ3v) is 11.7. The fraction of sp³-hybridized carbons (Fsp3) is 0.0909. The molecule has 0 bridgehead atoms. The van der Waals surface area contributed by atoms with E-state index in [1.807, 2.05) is 12.4 Å². The molecule has 0 saturated heterocycles. The Kier molecular flexibility index (Phi) is 6.00. The molecule has 6 aromatic rings. The van der Waals surface area contributed by atoms with E-state index in [1.54, 1.807) is 11.3 Å². The molecule has 4 aromatic carbocycles. The van der Waals surface area contributed by atoms with Crippen molar-refractivity contribution in [2.45, 2.75) is 18.3 Å². The zero-order valence-corrected chi connectivity index (χ0v) is 27.2. The van der Waals surface area contributed by atoms with Crippen LogP contribution in [0.3, 0.4) is 0 Å². The summed E-state index contributed by atoms with van der Waals surface area (Å²) in [4.78, 5) is 11.1. The predicted molar refractivity (Wildman–Crippen MR) is 202 cm³/mol. The number of hydrogen-bond donors (Lipinski definition) is 0. The van der Waals surface area contributed by atoms with Gasteiger partial charge in [0.2, 0.25) is 0 Å². The lowest BCUT2D eigenvalue weighted by Crippen LogP contribution is -2.26. The molecule has 4 aliphatic rings. The Morgan fingerprint density at radius 2 is 1.48 bits per heavy atom. The molecule has 48 heavy (non-hydrogen) atoms. The van der Waals surface area contributed by atoms with E-state index in [0.717, 1.165) is 35.5 Å². The first-order valence-corrected chi connectivity index (χ1v) is 17.4. The molecule has 3 heterocycles. The number of nitrogens with zero attached hydrogens (tertiary/aromatic N) is 3. The number of benzene rings is 4. The number of rotatable bonds is 4. The lowest BCUT2D eigenvalue weighted by Gasteiger charge is -2.32. The van der Waals surface area contributed by atoms with Crippen LogP contribution < -0.4 is 4.90 Å². The van der Waals surface area contributed by atoms with Gasteiger partial charge < -0.3 is 4.90 Å². The van der Waals surface area contributed by atoms with Crippen molar-refractivity contribution >= 4 is 50.0 Å². The standard InChI is InChI=1S/C44H31N3S/c1-45-42-36-12-4-7-15-41(36)48-43(42)47-24-8-9-31(27-47)30-17-19-35-34-18-16-29(28-20-22-46-23-21-28)25-39(34)44(40(35)26-30)37-13-5-2-10-32(37)33-11-3-6-14-38(33)44/h2,4-5,7-23,25-27H,1,3,6,24H2. The summed E-state index contributed by atoms with van der Waals surface area (Å²) >= 11 is 1.78. The topological polar surface area (TPSA) is 28.5 Å². The van der Waals surface area contributed by atoms with E-state index in [0.29, 0.717) is 0 Å². The number of thiophene rings is 1. The van der Waals surface area contributed by atoms with Crippen LogP contribution in [0.25, 0.3) is 43.5 Å². The SMILES string of the molecule is C=Nc1c(N2C=C(c3ccc4c(c3)C3(C5=CCCC=C5c5ccccc53)c3cc(-c5ccncc5)ccc3-4)C=CC2)sc2ccccc12. The van der Waals surface area contributed by atoms with Crippen molar-refractivity contribution in [2.24, 2.45) is 4.99 Å². The predicted octanol–water partition coefficient (Wildman–Crippen LogP) is 11.1. The number of fused-ring (bicyclic) bond motifs is 11. The summed E-state index contributed by atoms with van der Waals surface area (Å²) < 4.78 is 1.23. The summed E-state index contributed by atoms with van der Waals surface area (Å²) in [6, 6.07) is 36.0. The van der Waals surface area contributed by atoms with Gasteiger partial charge in [-0.25, -0.2) is 0 Å². The average Bonchev–Trinajstić information content (AvgIpc) is 3.79. The Morgan fingerprint density at radius 1 is 0.729 bits per heavy atom. The van der Waals surface area contributed by atoms with Gasteiger partial charge in [-0.15, -0.1) is 11.3 Å². The number of aliphatic imine (C=N–C) groups is 1. The third-order valence-electron chi connectivity index (χ3n) is 10.5. The highest BCUT2D eigenvalue weighted by Crippen LogP contribution is 2.65. The van der Waals surface area contributed by atoms with Crippen LogP contribution in [0.1, 0.15) is 40.7 Å². The van der Waals surface area contributed by atoms with Gasteiger partial charge in [-0.1, -0.05) is 91.0 Å². The monoisotopic (exact) mass is 633 g/mol. The molecule has 0 radical (unpaired) electrons. The van der Waals surface area contributed by atoms with Crippen LogP contribution in [0.15, 0.2) is 151 Å². The number of aromatic nitrogens is 1. The van der Waals surface area contributed by atoms with Crippen LogP contribution in [0.4, 0.5) is 10.7 Å². The van der Waals surface area contributed by atoms with E-state index in [2.05, 4.69) is 149 Å². The minimum Gasteiger partial charge on any atom is -0.334 e. The number of allylic oxidation sites excluding steroid dienone is 6. The second-order valence-electron chi connectivity index (χ2n) is 12.9. The van der Waals surface area contributed by atoms with Gasteiger partial charge in [0.1, 0.15) is 10.7 Å². The lowest BCUT2D eigenvalue weighted by atomic mass is 9.69. The fourth-order valence-corrected chi connectivity index (χ4v) is 9.66. The summed E-state index contributed by atoms with van der Waals surface area (Å²) in [6.07, 6.45) is 17.7. The second kappa shape index (κ2) is 10.5. The number of pyridine rings is 1. The molecule has 0 saturated carbocycles. The minimum atomic E-state index is -0.378. The molecule has 1 aliphatic heterocycles. The summed E-state index contributed by atoms with van der Waals surface area (Å²) in [5.41, 5.74) is 16.3. The maximum absolute atomic E-state index is 4.49. The maximum atomic E-state index is 4.49. The fourth-order valence-electron chi connectivity index (χ4n) is 8.52. The molecule has 4 heteroatoms. The van der Waals surface area contributed by atoms with E-state index < -0.39 is 0 Å². The third kappa shape index (κ3) is 3.75.